The number of ether oxygens (including phenoxy) is 1. The molecule has 1 atom stereocenters. The fourth-order valence-corrected chi connectivity index (χ4v) is 1.65. The Morgan fingerprint density at radius 1 is 1.35 bits per heavy atom. The fourth-order valence-electron chi connectivity index (χ4n) is 1.65. The van der Waals surface area contributed by atoms with Crippen molar-refractivity contribution in [2.75, 3.05) is 13.2 Å². The van der Waals surface area contributed by atoms with E-state index in [0.717, 1.165) is 17.9 Å². The maximum Gasteiger partial charge on any atom is 0.134 e. The summed E-state index contributed by atoms with van der Waals surface area (Å²) in [7, 11) is 0. The molecule has 2 N–H and O–H groups in total. The Balaban J connectivity index is 2.63. The molecule has 0 bridgehead atoms. The molecule has 1 unspecified atom stereocenters. The van der Waals surface area contributed by atoms with Crippen molar-refractivity contribution < 1.29 is 4.74 Å². The third-order valence-electron chi connectivity index (χ3n) is 2.52. The van der Waals surface area contributed by atoms with Crippen LogP contribution in [0.1, 0.15) is 32.3 Å². The summed E-state index contributed by atoms with van der Waals surface area (Å²) < 4.78 is 5.81. The molecule has 0 aromatic heterocycles. The van der Waals surface area contributed by atoms with E-state index < -0.39 is 0 Å². The Hall–Kier alpha value is -1.46. The molecule has 2 nitrogen and oxygen atoms in total. The molecule has 0 saturated carbocycles. The molecular formula is C15H21NO. The molecular weight excluding hydrogens is 210 g/mol. The summed E-state index contributed by atoms with van der Waals surface area (Å²) in [5.74, 6) is 7.32. The first kappa shape index (κ1) is 13.6. The molecule has 1 rings (SSSR count). The Morgan fingerprint density at radius 3 is 2.82 bits per heavy atom. The highest BCUT2D eigenvalue weighted by atomic mass is 16.5. The molecule has 0 heterocycles. The lowest BCUT2D eigenvalue weighted by atomic mass is 10.1. The van der Waals surface area contributed by atoms with Crippen LogP contribution < -0.4 is 10.5 Å². The van der Waals surface area contributed by atoms with Crippen LogP contribution in [0.15, 0.2) is 24.3 Å². The van der Waals surface area contributed by atoms with Crippen molar-refractivity contribution in [2.45, 2.75) is 26.7 Å². The maximum absolute atomic E-state index is 5.81. The average molecular weight is 231 g/mol. The summed E-state index contributed by atoms with van der Waals surface area (Å²) in [6, 6.07) is 7.85. The van der Waals surface area contributed by atoms with Crippen molar-refractivity contribution in [1.82, 2.24) is 0 Å². The molecule has 2 heteroatoms. The van der Waals surface area contributed by atoms with Crippen LogP contribution in [0.3, 0.4) is 0 Å². The Bertz CT molecular complexity index is 389. The van der Waals surface area contributed by atoms with Gasteiger partial charge in [-0.1, -0.05) is 44.2 Å². The van der Waals surface area contributed by atoms with E-state index in [0.29, 0.717) is 12.5 Å². The molecule has 92 valence electrons. The van der Waals surface area contributed by atoms with E-state index in [4.69, 9.17) is 10.5 Å². The molecule has 1 aromatic carbocycles. The van der Waals surface area contributed by atoms with E-state index in [2.05, 4.69) is 25.7 Å². The van der Waals surface area contributed by atoms with Gasteiger partial charge in [-0.15, -0.1) is 0 Å². The highest BCUT2D eigenvalue weighted by Crippen LogP contribution is 2.18. The average Bonchev–Trinajstić information content (AvgIpc) is 2.35. The largest absolute Gasteiger partial charge is 0.492 e. The van der Waals surface area contributed by atoms with Crippen LogP contribution in [0.25, 0.3) is 0 Å². The number of para-hydroxylation sites is 1. The smallest absolute Gasteiger partial charge is 0.134 e. The number of hydrogen-bond acceptors (Lipinski definition) is 2. The van der Waals surface area contributed by atoms with Crippen molar-refractivity contribution in [2.24, 2.45) is 11.7 Å². The minimum Gasteiger partial charge on any atom is -0.492 e. The molecule has 0 amide bonds. The second-order valence-electron chi connectivity index (χ2n) is 4.21. The SMILES string of the molecule is CCCC(C)COc1ccccc1C#CCN. The molecule has 17 heavy (non-hydrogen) atoms. The molecule has 0 aliphatic rings. The Labute approximate surface area is 104 Å². The van der Waals surface area contributed by atoms with Crippen LogP contribution in [0, 0.1) is 17.8 Å². The zero-order chi connectivity index (χ0) is 12.5. The van der Waals surface area contributed by atoms with Crippen LogP contribution in [0.2, 0.25) is 0 Å². The van der Waals surface area contributed by atoms with Crippen LogP contribution in [-0.4, -0.2) is 13.2 Å². The van der Waals surface area contributed by atoms with Crippen LogP contribution in [-0.2, 0) is 0 Å². The standard InChI is InChI=1S/C15H21NO/c1-3-7-13(2)12-17-15-10-5-4-8-14(15)9-6-11-16/h4-5,8,10,13H,3,7,11-12,16H2,1-2H3. The highest BCUT2D eigenvalue weighted by Gasteiger charge is 2.04. The Morgan fingerprint density at radius 2 is 2.12 bits per heavy atom. The third kappa shape index (κ3) is 4.93. The van der Waals surface area contributed by atoms with Gasteiger partial charge >= 0.3 is 0 Å². The van der Waals surface area contributed by atoms with Gasteiger partial charge < -0.3 is 10.5 Å². The second-order valence-corrected chi connectivity index (χ2v) is 4.21. The van der Waals surface area contributed by atoms with Crippen LogP contribution in [0.5, 0.6) is 5.75 Å². The van der Waals surface area contributed by atoms with Crippen LogP contribution >= 0.6 is 0 Å². The molecule has 0 aliphatic carbocycles. The number of benzene rings is 1. The first-order valence-corrected chi connectivity index (χ1v) is 6.18. The van der Waals surface area contributed by atoms with E-state index in [9.17, 15) is 0 Å². The lowest BCUT2D eigenvalue weighted by molar-refractivity contribution is 0.251. The van der Waals surface area contributed by atoms with Gasteiger partial charge in [0.05, 0.1) is 18.7 Å². The lowest BCUT2D eigenvalue weighted by Crippen LogP contribution is -2.08. The van der Waals surface area contributed by atoms with Gasteiger partial charge in [0, 0.05) is 0 Å². The van der Waals surface area contributed by atoms with Gasteiger partial charge in [-0.3, -0.25) is 0 Å². The summed E-state index contributed by atoms with van der Waals surface area (Å²) in [5.41, 5.74) is 6.29. The normalized spacial score (nSPS) is 11.5. The molecule has 0 radical (unpaired) electrons. The summed E-state index contributed by atoms with van der Waals surface area (Å²) >= 11 is 0. The molecule has 0 spiro atoms. The minimum atomic E-state index is 0.376. The predicted octanol–water partition coefficient (Wildman–Crippen LogP) is 2.81. The van der Waals surface area contributed by atoms with Crippen molar-refractivity contribution in [1.29, 1.82) is 0 Å². The van der Waals surface area contributed by atoms with E-state index in [1.165, 1.54) is 12.8 Å². The summed E-state index contributed by atoms with van der Waals surface area (Å²) in [4.78, 5) is 0. The maximum atomic E-state index is 5.81. The van der Waals surface area contributed by atoms with Gasteiger partial charge in [-0.25, -0.2) is 0 Å². The van der Waals surface area contributed by atoms with Crippen molar-refractivity contribution in [3.8, 4) is 17.6 Å². The molecule has 1 aromatic rings. The van der Waals surface area contributed by atoms with E-state index in [-0.39, 0.29) is 0 Å². The molecule has 0 aliphatic heterocycles. The topological polar surface area (TPSA) is 35.2 Å². The summed E-state index contributed by atoms with van der Waals surface area (Å²) in [6.45, 7) is 5.52. The van der Waals surface area contributed by atoms with Crippen molar-refractivity contribution in [3.05, 3.63) is 29.8 Å². The van der Waals surface area contributed by atoms with E-state index in [1.54, 1.807) is 0 Å². The lowest BCUT2D eigenvalue weighted by Gasteiger charge is -2.13. The summed E-state index contributed by atoms with van der Waals surface area (Å²) in [6.07, 6.45) is 2.38. The summed E-state index contributed by atoms with van der Waals surface area (Å²) in [5, 5.41) is 0. The predicted molar refractivity (Wildman–Crippen MR) is 71.9 cm³/mol. The van der Waals surface area contributed by atoms with Crippen molar-refractivity contribution in [3.63, 3.8) is 0 Å². The molecule has 0 saturated heterocycles. The van der Waals surface area contributed by atoms with Gasteiger partial charge in [0.2, 0.25) is 0 Å². The molecule has 0 fully saturated rings. The Kier molecular flexibility index (Phi) is 6.21. The fraction of sp³-hybridized carbons (Fsp3) is 0.467. The minimum absolute atomic E-state index is 0.376. The first-order valence-electron chi connectivity index (χ1n) is 6.18. The van der Waals surface area contributed by atoms with Gasteiger partial charge in [0.1, 0.15) is 5.75 Å². The zero-order valence-electron chi connectivity index (χ0n) is 10.7. The van der Waals surface area contributed by atoms with Gasteiger partial charge in [0.25, 0.3) is 0 Å². The van der Waals surface area contributed by atoms with Crippen LogP contribution in [0.4, 0.5) is 0 Å². The first-order chi connectivity index (χ1) is 8.27. The van der Waals surface area contributed by atoms with Crippen molar-refractivity contribution >= 4 is 0 Å². The number of rotatable bonds is 5. The monoisotopic (exact) mass is 231 g/mol. The highest BCUT2D eigenvalue weighted by molar-refractivity contribution is 5.45. The van der Waals surface area contributed by atoms with Gasteiger partial charge in [0.15, 0.2) is 0 Å². The van der Waals surface area contributed by atoms with Gasteiger partial charge in [-0.05, 0) is 24.5 Å². The van der Waals surface area contributed by atoms with E-state index in [1.807, 2.05) is 24.3 Å². The second kappa shape index (κ2) is 7.76. The third-order valence-corrected chi connectivity index (χ3v) is 2.52. The zero-order valence-corrected chi connectivity index (χ0v) is 10.7. The number of hydrogen-bond donors (Lipinski definition) is 1. The number of nitrogens with two attached hydrogens (primary N) is 1. The quantitative estimate of drug-likeness (QED) is 0.791. The van der Waals surface area contributed by atoms with E-state index >= 15 is 0 Å². The van der Waals surface area contributed by atoms with Gasteiger partial charge in [-0.2, -0.15) is 0 Å².